The molecule has 1 amide bonds. The van der Waals surface area contributed by atoms with Crippen LogP contribution in [-0.4, -0.2) is 49.8 Å². The molecule has 0 aliphatic rings. The molecule has 2 N–H and O–H groups in total. The number of hydrogen-bond acceptors (Lipinski definition) is 5. The Hall–Kier alpha value is -0.980. The number of nitrogens with one attached hydrogen (secondary N) is 2. The highest BCUT2D eigenvalue weighted by Gasteiger charge is 2.39. The average Bonchev–Trinajstić information content (AvgIpc) is 2.53. The van der Waals surface area contributed by atoms with Crippen molar-refractivity contribution in [2.24, 2.45) is 16.7 Å². The maximum absolute atomic E-state index is 12.3. The molecule has 0 rings (SSSR count). The summed E-state index contributed by atoms with van der Waals surface area (Å²) < 4.78 is 12.1. The van der Waals surface area contributed by atoms with Gasteiger partial charge in [-0.3, -0.25) is 9.59 Å². The SMILES string of the molecule is CC(C)NCCOC(C)(OCCNC(=O)CC(C)(C)CC(=O)C(C)C)C(C)(C)C. The predicted octanol–water partition coefficient (Wildman–Crippen LogP) is 3.93. The molecule has 172 valence electrons. The first-order chi connectivity index (χ1) is 13.1. The van der Waals surface area contributed by atoms with Crippen LogP contribution in [0.1, 0.15) is 82.1 Å². The van der Waals surface area contributed by atoms with Crippen LogP contribution in [0.15, 0.2) is 0 Å². The Balaban J connectivity index is 4.46. The van der Waals surface area contributed by atoms with E-state index in [0.717, 1.165) is 6.54 Å². The molecule has 29 heavy (non-hydrogen) atoms. The molecule has 1 unspecified atom stereocenters. The van der Waals surface area contributed by atoms with Gasteiger partial charge in [0, 0.05) is 43.3 Å². The summed E-state index contributed by atoms with van der Waals surface area (Å²) in [5.74, 6) is -0.623. The van der Waals surface area contributed by atoms with Crippen LogP contribution in [0, 0.1) is 16.7 Å². The Kier molecular flexibility index (Phi) is 11.6. The van der Waals surface area contributed by atoms with Crippen LogP contribution in [0.4, 0.5) is 0 Å². The zero-order chi connectivity index (χ0) is 22.9. The summed E-state index contributed by atoms with van der Waals surface area (Å²) in [5.41, 5.74) is -0.563. The van der Waals surface area contributed by atoms with E-state index in [0.29, 0.717) is 38.6 Å². The quantitative estimate of drug-likeness (QED) is 0.333. The van der Waals surface area contributed by atoms with Crippen molar-refractivity contribution in [3.05, 3.63) is 0 Å². The molecule has 6 heteroatoms. The Labute approximate surface area is 178 Å². The fraction of sp³-hybridized carbons (Fsp3) is 0.913. The van der Waals surface area contributed by atoms with Gasteiger partial charge in [0.25, 0.3) is 0 Å². The fourth-order valence-electron chi connectivity index (χ4n) is 2.74. The van der Waals surface area contributed by atoms with E-state index >= 15 is 0 Å². The number of Topliss-reactive ketones (excluding diaryl/α,β-unsaturated/α-hetero) is 1. The van der Waals surface area contributed by atoms with Gasteiger partial charge in [-0.2, -0.15) is 0 Å². The molecule has 0 aromatic heterocycles. The monoisotopic (exact) mass is 414 g/mol. The van der Waals surface area contributed by atoms with Crippen molar-refractivity contribution in [2.75, 3.05) is 26.3 Å². The molecular weight excluding hydrogens is 368 g/mol. The van der Waals surface area contributed by atoms with Gasteiger partial charge in [0.15, 0.2) is 5.79 Å². The molecule has 1 atom stereocenters. The van der Waals surface area contributed by atoms with Crippen LogP contribution in [-0.2, 0) is 19.1 Å². The second-order valence-corrected chi connectivity index (χ2v) is 10.5. The van der Waals surface area contributed by atoms with E-state index in [4.69, 9.17) is 9.47 Å². The van der Waals surface area contributed by atoms with Gasteiger partial charge in [-0.15, -0.1) is 0 Å². The number of hydrogen-bond donors (Lipinski definition) is 2. The predicted molar refractivity (Wildman–Crippen MR) is 119 cm³/mol. The first-order valence-electron chi connectivity index (χ1n) is 10.9. The minimum absolute atomic E-state index is 0.00319. The lowest BCUT2D eigenvalue weighted by Crippen LogP contribution is -2.48. The number of carbonyl (C=O) groups is 2. The van der Waals surface area contributed by atoms with Crippen LogP contribution < -0.4 is 10.6 Å². The highest BCUT2D eigenvalue weighted by molar-refractivity contribution is 5.82. The molecule has 0 bridgehead atoms. The van der Waals surface area contributed by atoms with E-state index in [1.807, 2.05) is 34.6 Å². The maximum Gasteiger partial charge on any atom is 0.220 e. The molecule has 0 aliphatic carbocycles. The first-order valence-corrected chi connectivity index (χ1v) is 10.9. The Morgan fingerprint density at radius 1 is 0.828 bits per heavy atom. The average molecular weight is 415 g/mol. The van der Waals surface area contributed by atoms with Crippen molar-refractivity contribution < 1.29 is 19.1 Å². The van der Waals surface area contributed by atoms with Crippen molar-refractivity contribution in [3.63, 3.8) is 0 Å². The number of ketones is 1. The summed E-state index contributed by atoms with van der Waals surface area (Å²) in [6.07, 6.45) is 0.730. The summed E-state index contributed by atoms with van der Waals surface area (Å²) in [5, 5.41) is 6.24. The van der Waals surface area contributed by atoms with Gasteiger partial charge in [-0.1, -0.05) is 62.3 Å². The van der Waals surface area contributed by atoms with Gasteiger partial charge < -0.3 is 20.1 Å². The lowest BCUT2D eigenvalue weighted by atomic mass is 9.81. The van der Waals surface area contributed by atoms with Crippen LogP contribution >= 0.6 is 0 Å². The van der Waals surface area contributed by atoms with Gasteiger partial charge in [0.2, 0.25) is 5.91 Å². The Morgan fingerprint density at radius 3 is 1.79 bits per heavy atom. The van der Waals surface area contributed by atoms with E-state index in [2.05, 4.69) is 45.3 Å². The van der Waals surface area contributed by atoms with Gasteiger partial charge in [-0.25, -0.2) is 0 Å². The lowest BCUT2D eigenvalue weighted by Gasteiger charge is -2.41. The number of rotatable bonds is 14. The molecule has 0 spiro atoms. The lowest BCUT2D eigenvalue weighted by molar-refractivity contribution is -0.276. The first kappa shape index (κ1) is 28.0. The summed E-state index contributed by atoms with van der Waals surface area (Å²) in [7, 11) is 0. The number of amides is 1. The minimum atomic E-state index is -0.751. The Morgan fingerprint density at radius 2 is 1.34 bits per heavy atom. The third-order valence-electron chi connectivity index (χ3n) is 5.13. The molecular formula is C23H46N2O4. The molecule has 0 radical (unpaired) electrons. The van der Waals surface area contributed by atoms with Crippen molar-refractivity contribution in [1.82, 2.24) is 10.6 Å². The van der Waals surface area contributed by atoms with Gasteiger partial charge in [-0.05, 0) is 12.3 Å². The highest BCUT2D eigenvalue weighted by atomic mass is 16.7. The van der Waals surface area contributed by atoms with E-state index in [9.17, 15) is 9.59 Å². The molecule has 0 aromatic carbocycles. The van der Waals surface area contributed by atoms with Crippen molar-refractivity contribution in [2.45, 2.75) is 93.9 Å². The highest BCUT2D eigenvalue weighted by Crippen LogP contribution is 2.34. The third kappa shape index (κ3) is 11.7. The zero-order valence-electron chi connectivity index (χ0n) is 20.5. The van der Waals surface area contributed by atoms with E-state index in [-0.39, 0.29) is 28.4 Å². The topological polar surface area (TPSA) is 76.7 Å². The molecule has 0 heterocycles. The third-order valence-corrected chi connectivity index (χ3v) is 5.13. The molecule has 0 saturated carbocycles. The standard InChI is InChI=1S/C23H46N2O4/c1-17(2)19(26)15-22(8,9)16-20(27)25-12-14-29-23(10,21(5,6)7)28-13-11-24-18(3)4/h17-18,24H,11-16H2,1-10H3,(H,25,27). The van der Waals surface area contributed by atoms with Gasteiger partial charge in [0.1, 0.15) is 5.78 Å². The van der Waals surface area contributed by atoms with E-state index in [1.54, 1.807) is 0 Å². The van der Waals surface area contributed by atoms with Crippen LogP contribution in [0.3, 0.4) is 0 Å². The normalized spacial score (nSPS) is 14.9. The van der Waals surface area contributed by atoms with E-state index < -0.39 is 5.79 Å². The molecule has 0 aliphatic heterocycles. The summed E-state index contributed by atoms with van der Waals surface area (Å²) in [4.78, 5) is 24.3. The zero-order valence-corrected chi connectivity index (χ0v) is 20.5. The smallest absolute Gasteiger partial charge is 0.220 e. The molecule has 0 aromatic rings. The van der Waals surface area contributed by atoms with Crippen molar-refractivity contribution in [3.8, 4) is 0 Å². The second-order valence-electron chi connectivity index (χ2n) is 10.5. The minimum Gasteiger partial charge on any atom is -0.354 e. The second kappa shape index (κ2) is 12.0. The van der Waals surface area contributed by atoms with Gasteiger partial charge >= 0.3 is 0 Å². The summed E-state index contributed by atoms with van der Waals surface area (Å²) >= 11 is 0. The fourth-order valence-corrected chi connectivity index (χ4v) is 2.74. The molecule has 6 nitrogen and oxygen atoms in total. The Bertz CT molecular complexity index is 509. The number of ether oxygens (including phenoxy) is 2. The number of carbonyl (C=O) groups excluding carboxylic acids is 2. The van der Waals surface area contributed by atoms with Crippen molar-refractivity contribution >= 4 is 11.7 Å². The summed E-state index contributed by atoms with van der Waals surface area (Å²) in [6, 6.07) is 0.413. The van der Waals surface area contributed by atoms with Crippen LogP contribution in [0.2, 0.25) is 0 Å². The van der Waals surface area contributed by atoms with Crippen LogP contribution in [0.25, 0.3) is 0 Å². The van der Waals surface area contributed by atoms with Gasteiger partial charge in [0.05, 0.1) is 13.2 Å². The van der Waals surface area contributed by atoms with Crippen molar-refractivity contribution in [1.29, 1.82) is 0 Å². The van der Waals surface area contributed by atoms with Crippen LogP contribution in [0.5, 0.6) is 0 Å². The maximum atomic E-state index is 12.3. The molecule has 0 fully saturated rings. The molecule has 0 saturated heterocycles. The largest absolute Gasteiger partial charge is 0.354 e. The summed E-state index contributed by atoms with van der Waals surface area (Å²) in [6.45, 7) is 22.2. The van der Waals surface area contributed by atoms with E-state index in [1.165, 1.54) is 0 Å².